The largest absolute Gasteiger partial charge is 0.508 e. The molecule has 1 aromatic carbocycles. The van der Waals surface area contributed by atoms with E-state index in [9.17, 15) is 14.7 Å². The Balaban J connectivity index is 2.94. The molecule has 0 unspecified atom stereocenters. The van der Waals surface area contributed by atoms with Crippen LogP contribution in [0.3, 0.4) is 0 Å². The summed E-state index contributed by atoms with van der Waals surface area (Å²) in [4.78, 5) is 21.4. The van der Waals surface area contributed by atoms with Gasteiger partial charge in [-0.1, -0.05) is 6.07 Å². The molecular weight excluding hydrogens is 228 g/mol. The zero-order chi connectivity index (χ0) is 13.0. The van der Waals surface area contributed by atoms with E-state index in [0.717, 1.165) is 0 Å². The Morgan fingerprint density at radius 1 is 1.18 bits per heavy atom. The van der Waals surface area contributed by atoms with Crippen LogP contribution in [0.4, 0.5) is 0 Å². The summed E-state index contributed by atoms with van der Waals surface area (Å²) in [6, 6.07) is 4.10. The molecule has 0 fully saturated rings. The summed E-state index contributed by atoms with van der Waals surface area (Å²) in [7, 11) is 0. The molecule has 0 bridgehead atoms. The zero-order valence-electron chi connectivity index (χ0n) is 8.83. The molecule has 92 valence electrons. The number of hydrogen-bond donors (Lipinski definition) is 4. The van der Waals surface area contributed by atoms with E-state index < -0.39 is 24.5 Å². The molecular formula is C11H12O6. The van der Waals surface area contributed by atoms with Crippen molar-refractivity contribution in [1.29, 1.82) is 0 Å². The van der Waals surface area contributed by atoms with Gasteiger partial charge in [0.05, 0.1) is 6.61 Å². The molecule has 4 N–H and O–H groups in total. The van der Waals surface area contributed by atoms with Gasteiger partial charge in [-0.15, -0.1) is 0 Å². The Bertz CT molecular complexity index is 426. The molecule has 0 amide bonds. The monoisotopic (exact) mass is 240 g/mol. The molecule has 0 aromatic heterocycles. The Labute approximate surface area is 96.8 Å². The second-order valence-corrected chi connectivity index (χ2v) is 3.55. The number of hydrogen-bond acceptors (Lipinski definition) is 4. The van der Waals surface area contributed by atoms with Crippen LogP contribution in [-0.2, 0) is 22.6 Å². The summed E-state index contributed by atoms with van der Waals surface area (Å²) in [5.41, 5.74) is 0.665. The summed E-state index contributed by atoms with van der Waals surface area (Å²) in [6.07, 6.45) is -0.196. The molecule has 0 heterocycles. The van der Waals surface area contributed by atoms with Gasteiger partial charge in [0.1, 0.15) is 5.75 Å². The van der Waals surface area contributed by atoms with Crippen LogP contribution in [0, 0.1) is 5.92 Å². The maximum absolute atomic E-state index is 10.7. The average Bonchev–Trinajstić information content (AvgIpc) is 2.26. The SMILES string of the molecule is O=C(O)C(Cc1ccc(O)c(CO)c1)C(=O)O. The van der Waals surface area contributed by atoms with Crippen molar-refractivity contribution in [2.45, 2.75) is 13.0 Å². The molecule has 0 aliphatic rings. The Kier molecular flexibility index (Phi) is 4.06. The first-order valence-electron chi connectivity index (χ1n) is 4.83. The van der Waals surface area contributed by atoms with Gasteiger partial charge in [0.15, 0.2) is 5.92 Å². The number of carboxylic acids is 2. The highest BCUT2D eigenvalue weighted by Crippen LogP contribution is 2.20. The topological polar surface area (TPSA) is 115 Å². The minimum Gasteiger partial charge on any atom is -0.508 e. The number of aromatic hydroxyl groups is 1. The van der Waals surface area contributed by atoms with Gasteiger partial charge in [-0.2, -0.15) is 0 Å². The van der Waals surface area contributed by atoms with Gasteiger partial charge in [-0.05, 0) is 24.1 Å². The normalized spacial score (nSPS) is 10.5. The number of aliphatic carboxylic acids is 2. The van der Waals surface area contributed by atoms with Crippen molar-refractivity contribution in [2.75, 3.05) is 0 Å². The van der Waals surface area contributed by atoms with E-state index in [-0.39, 0.29) is 17.7 Å². The third kappa shape index (κ3) is 3.18. The van der Waals surface area contributed by atoms with Crippen molar-refractivity contribution >= 4 is 11.9 Å². The summed E-state index contributed by atoms with van der Waals surface area (Å²) < 4.78 is 0. The lowest BCUT2D eigenvalue weighted by atomic mass is 9.98. The van der Waals surface area contributed by atoms with Crippen molar-refractivity contribution in [3.63, 3.8) is 0 Å². The van der Waals surface area contributed by atoms with E-state index in [4.69, 9.17) is 15.3 Å². The molecule has 0 aliphatic heterocycles. The summed E-state index contributed by atoms with van der Waals surface area (Å²) in [6.45, 7) is -0.398. The van der Waals surface area contributed by atoms with Crippen molar-refractivity contribution in [1.82, 2.24) is 0 Å². The van der Waals surface area contributed by atoms with E-state index >= 15 is 0 Å². The Hall–Kier alpha value is -2.08. The number of carbonyl (C=O) groups is 2. The first-order valence-corrected chi connectivity index (χ1v) is 4.83. The third-order valence-corrected chi connectivity index (χ3v) is 2.35. The lowest BCUT2D eigenvalue weighted by Gasteiger charge is -2.09. The fourth-order valence-electron chi connectivity index (χ4n) is 1.41. The van der Waals surface area contributed by atoms with Gasteiger partial charge >= 0.3 is 11.9 Å². The van der Waals surface area contributed by atoms with E-state index in [1.54, 1.807) is 0 Å². The number of aliphatic hydroxyl groups is 1. The van der Waals surface area contributed by atoms with Crippen LogP contribution >= 0.6 is 0 Å². The van der Waals surface area contributed by atoms with Crippen LogP contribution in [0.25, 0.3) is 0 Å². The predicted molar refractivity (Wildman–Crippen MR) is 56.5 cm³/mol. The lowest BCUT2D eigenvalue weighted by molar-refractivity contribution is -0.154. The minimum absolute atomic E-state index is 0.113. The van der Waals surface area contributed by atoms with Crippen LogP contribution in [0.5, 0.6) is 5.75 Å². The van der Waals surface area contributed by atoms with Crippen molar-refractivity contribution in [3.8, 4) is 5.75 Å². The van der Waals surface area contributed by atoms with Gasteiger partial charge in [0.2, 0.25) is 0 Å². The lowest BCUT2D eigenvalue weighted by Crippen LogP contribution is -2.25. The molecule has 0 spiro atoms. The van der Waals surface area contributed by atoms with Crippen LogP contribution in [0.15, 0.2) is 18.2 Å². The van der Waals surface area contributed by atoms with E-state index in [2.05, 4.69) is 0 Å². The Morgan fingerprint density at radius 2 is 1.76 bits per heavy atom. The van der Waals surface area contributed by atoms with Gasteiger partial charge in [0, 0.05) is 5.56 Å². The molecule has 1 aromatic rings. The van der Waals surface area contributed by atoms with Crippen LogP contribution in [0.1, 0.15) is 11.1 Å². The maximum Gasteiger partial charge on any atom is 0.318 e. The van der Waals surface area contributed by atoms with Gasteiger partial charge in [-0.3, -0.25) is 9.59 Å². The standard InChI is InChI=1S/C11H12O6/c12-5-7-3-6(1-2-9(7)13)4-8(10(14)15)11(16)17/h1-3,8,12-13H,4-5H2,(H,14,15)(H,16,17). The van der Waals surface area contributed by atoms with Crippen LogP contribution in [0.2, 0.25) is 0 Å². The predicted octanol–water partition coefficient (Wildman–Crippen LogP) is 0.212. The second-order valence-electron chi connectivity index (χ2n) is 3.55. The summed E-state index contributed by atoms with van der Waals surface area (Å²) in [5, 5.41) is 35.6. The van der Waals surface area contributed by atoms with E-state index in [1.807, 2.05) is 0 Å². The van der Waals surface area contributed by atoms with Crippen molar-refractivity contribution in [3.05, 3.63) is 29.3 Å². The van der Waals surface area contributed by atoms with E-state index in [0.29, 0.717) is 5.56 Å². The average molecular weight is 240 g/mol. The van der Waals surface area contributed by atoms with Crippen LogP contribution in [-0.4, -0.2) is 32.4 Å². The third-order valence-electron chi connectivity index (χ3n) is 2.35. The number of phenols is 1. The van der Waals surface area contributed by atoms with Gasteiger partial charge in [0.25, 0.3) is 0 Å². The van der Waals surface area contributed by atoms with E-state index in [1.165, 1.54) is 18.2 Å². The fraction of sp³-hybridized carbons (Fsp3) is 0.273. The molecule has 0 aliphatic carbocycles. The highest BCUT2D eigenvalue weighted by molar-refractivity contribution is 5.93. The second kappa shape index (κ2) is 5.31. The Morgan fingerprint density at radius 3 is 2.24 bits per heavy atom. The zero-order valence-corrected chi connectivity index (χ0v) is 8.83. The first-order chi connectivity index (χ1) is 7.95. The highest BCUT2D eigenvalue weighted by atomic mass is 16.4. The molecule has 0 radical (unpaired) electrons. The molecule has 6 heteroatoms. The number of rotatable bonds is 5. The quantitative estimate of drug-likeness (QED) is 0.547. The molecule has 0 atom stereocenters. The number of carboxylic acid groups (broad SMARTS) is 2. The molecule has 0 saturated carbocycles. The maximum atomic E-state index is 10.7. The molecule has 0 saturated heterocycles. The summed E-state index contributed by atoms with van der Waals surface area (Å²) >= 11 is 0. The number of aliphatic hydroxyl groups excluding tert-OH is 1. The smallest absolute Gasteiger partial charge is 0.318 e. The van der Waals surface area contributed by atoms with Crippen molar-refractivity contribution < 1.29 is 30.0 Å². The van der Waals surface area contributed by atoms with Gasteiger partial charge in [-0.25, -0.2) is 0 Å². The molecule has 6 nitrogen and oxygen atoms in total. The summed E-state index contributed by atoms with van der Waals surface area (Å²) in [5.74, 6) is -4.49. The molecule has 17 heavy (non-hydrogen) atoms. The first kappa shape index (κ1) is 13.0. The minimum atomic E-state index is -1.54. The van der Waals surface area contributed by atoms with Crippen molar-refractivity contribution in [2.24, 2.45) is 5.92 Å². The molecule has 1 rings (SSSR count). The highest BCUT2D eigenvalue weighted by Gasteiger charge is 2.26. The number of benzene rings is 1. The fourth-order valence-corrected chi connectivity index (χ4v) is 1.41. The van der Waals surface area contributed by atoms with Gasteiger partial charge < -0.3 is 20.4 Å². The van der Waals surface area contributed by atoms with Crippen LogP contribution < -0.4 is 0 Å².